The predicted molar refractivity (Wildman–Crippen MR) is 96.9 cm³/mol. The summed E-state index contributed by atoms with van der Waals surface area (Å²) in [6.45, 7) is 5.31. The summed E-state index contributed by atoms with van der Waals surface area (Å²) in [6, 6.07) is 7.35. The second-order valence-electron chi connectivity index (χ2n) is 6.15. The van der Waals surface area contributed by atoms with Crippen LogP contribution in [-0.4, -0.2) is 38.7 Å². The van der Waals surface area contributed by atoms with E-state index in [1.54, 1.807) is 20.8 Å². The van der Waals surface area contributed by atoms with Gasteiger partial charge in [0, 0.05) is 10.0 Å². The molecule has 0 saturated heterocycles. The molecule has 0 aliphatic rings. The van der Waals surface area contributed by atoms with E-state index in [9.17, 15) is 13.2 Å². The third-order valence-electron chi connectivity index (χ3n) is 2.66. The maximum atomic E-state index is 12.0. The second-order valence-corrected chi connectivity index (χ2v) is 8.65. The van der Waals surface area contributed by atoms with Gasteiger partial charge in [0.2, 0.25) is 0 Å². The zero-order valence-corrected chi connectivity index (χ0v) is 16.6. The van der Waals surface area contributed by atoms with Crippen molar-refractivity contribution in [3.63, 3.8) is 0 Å². The average molecular weight is 420 g/mol. The van der Waals surface area contributed by atoms with Crippen molar-refractivity contribution in [1.82, 2.24) is 0 Å². The fourth-order valence-electron chi connectivity index (χ4n) is 1.79. The lowest BCUT2D eigenvalue weighted by molar-refractivity contribution is 0.0604. The maximum Gasteiger partial charge on any atom is 0.434 e. The van der Waals surface area contributed by atoms with Gasteiger partial charge in [-0.3, -0.25) is 4.18 Å². The summed E-state index contributed by atoms with van der Waals surface area (Å²) in [5, 5.41) is 0. The number of rotatable bonds is 6. The lowest BCUT2D eigenvalue weighted by Crippen LogP contribution is -2.23. The number of amides is 1. The molecular weight excluding hydrogens is 398 g/mol. The molecule has 0 bridgehead atoms. The van der Waals surface area contributed by atoms with Gasteiger partial charge in [0.1, 0.15) is 5.60 Å². The minimum Gasteiger partial charge on any atom is -0.442 e. The minimum absolute atomic E-state index is 0.0244. The minimum atomic E-state index is -3.48. The van der Waals surface area contributed by atoms with Crippen LogP contribution in [0.25, 0.3) is 0 Å². The largest absolute Gasteiger partial charge is 0.442 e. The summed E-state index contributed by atoms with van der Waals surface area (Å²) in [4.78, 5) is 16.0. The van der Waals surface area contributed by atoms with E-state index in [4.69, 9.17) is 8.92 Å². The number of halogens is 1. The predicted octanol–water partition coefficient (Wildman–Crippen LogP) is 3.93. The number of carbonyl (C=O) groups is 1. The molecular formula is C16H22BrNO5S. The third kappa shape index (κ3) is 8.56. The molecule has 1 amide bonds. The van der Waals surface area contributed by atoms with Gasteiger partial charge in [-0.2, -0.15) is 13.4 Å². The highest BCUT2D eigenvalue weighted by atomic mass is 79.9. The fourth-order valence-corrected chi connectivity index (χ4v) is 2.73. The number of benzene rings is 1. The van der Waals surface area contributed by atoms with Crippen LogP contribution in [0.5, 0.6) is 0 Å². The molecule has 1 aromatic rings. The number of ether oxygens (including phenoxy) is 1. The Morgan fingerprint density at radius 2 is 1.88 bits per heavy atom. The van der Waals surface area contributed by atoms with E-state index in [0.29, 0.717) is 18.6 Å². The Balaban J connectivity index is 2.92. The highest BCUT2D eigenvalue weighted by Gasteiger charge is 2.17. The highest BCUT2D eigenvalue weighted by Crippen LogP contribution is 2.20. The van der Waals surface area contributed by atoms with E-state index in [1.807, 2.05) is 24.3 Å². The van der Waals surface area contributed by atoms with Gasteiger partial charge in [0.25, 0.3) is 10.1 Å². The van der Waals surface area contributed by atoms with Crippen LogP contribution >= 0.6 is 15.9 Å². The normalized spacial score (nSPS) is 13.0. The summed E-state index contributed by atoms with van der Waals surface area (Å²) in [6.07, 6.45) is 1.08. The van der Waals surface area contributed by atoms with Crippen molar-refractivity contribution in [3.8, 4) is 0 Å². The monoisotopic (exact) mass is 419 g/mol. The lowest BCUT2D eigenvalue weighted by Gasteiger charge is -2.18. The fraction of sp³-hybridized carbons (Fsp3) is 0.500. The molecule has 24 heavy (non-hydrogen) atoms. The Labute approximate surface area is 151 Å². The highest BCUT2D eigenvalue weighted by molar-refractivity contribution is 9.10. The number of carbonyl (C=O) groups excluding carboxylic acids is 1. The molecule has 134 valence electrons. The van der Waals surface area contributed by atoms with Gasteiger partial charge in [-0.1, -0.05) is 34.1 Å². The van der Waals surface area contributed by atoms with E-state index >= 15 is 0 Å². The Hall–Kier alpha value is -1.25. The molecule has 8 heteroatoms. The summed E-state index contributed by atoms with van der Waals surface area (Å²) in [5.74, 6) is 0. The molecule has 0 aromatic heterocycles. The molecule has 0 heterocycles. The van der Waals surface area contributed by atoms with Gasteiger partial charge in [-0.25, -0.2) is 4.79 Å². The molecule has 0 N–H and O–H groups in total. The molecule has 0 unspecified atom stereocenters. The van der Waals surface area contributed by atoms with Gasteiger partial charge in [-0.15, -0.1) is 0 Å². The van der Waals surface area contributed by atoms with E-state index in [2.05, 4.69) is 20.9 Å². The number of hydrogen-bond acceptors (Lipinski definition) is 5. The van der Waals surface area contributed by atoms with Crippen molar-refractivity contribution in [2.75, 3.05) is 12.9 Å². The Morgan fingerprint density at radius 1 is 1.25 bits per heavy atom. The first-order valence-electron chi connectivity index (χ1n) is 7.38. The van der Waals surface area contributed by atoms with Crippen molar-refractivity contribution in [2.45, 2.75) is 39.2 Å². The molecule has 0 atom stereocenters. The maximum absolute atomic E-state index is 12.0. The Bertz CT molecular complexity index is 707. The van der Waals surface area contributed by atoms with Crippen LogP contribution in [0.3, 0.4) is 0 Å². The average Bonchev–Trinajstić information content (AvgIpc) is 2.40. The number of hydrogen-bond donors (Lipinski definition) is 0. The molecule has 0 radical (unpaired) electrons. The van der Waals surface area contributed by atoms with Crippen molar-refractivity contribution in [3.05, 3.63) is 34.3 Å². The van der Waals surface area contributed by atoms with Gasteiger partial charge >= 0.3 is 6.09 Å². The standard InChI is InChI=1S/C16H22BrNO5S/c1-16(2,3)23-15(19)18-14(10-7-11-22-24(4,20)21)12-8-5-6-9-13(12)17/h5-6,8-9H,7,10-11H2,1-4H3. The van der Waals surface area contributed by atoms with Crippen LogP contribution in [-0.2, 0) is 19.0 Å². The van der Waals surface area contributed by atoms with E-state index < -0.39 is 21.8 Å². The molecule has 0 spiro atoms. The van der Waals surface area contributed by atoms with Gasteiger partial charge in [-0.05, 0) is 39.7 Å². The SMILES string of the molecule is CC(C)(C)OC(=O)N=C(CCCOS(C)(=O)=O)c1ccccc1Br. The quantitative estimate of drug-likeness (QED) is 0.396. The molecule has 1 aromatic carbocycles. The molecule has 0 aliphatic heterocycles. The zero-order valence-electron chi connectivity index (χ0n) is 14.2. The lowest BCUT2D eigenvalue weighted by atomic mass is 10.1. The van der Waals surface area contributed by atoms with Crippen molar-refractivity contribution < 1.29 is 22.1 Å². The van der Waals surface area contributed by atoms with Crippen LogP contribution in [0, 0.1) is 0 Å². The van der Waals surface area contributed by atoms with Crippen molar-refractivity contribution in [2.24, 2.45) is 4.99 Å². The Kier molecular flexibility index (Phi) is 7.56. The molecule has 0 fully saturated rings. The third-order valence-corrected chi connectivity index (χ3v) is 3.95. The van der Waals surface area contributed by atoms with Crippen LogP contribution < -0.4 is 0 Å². The zero-order chi connectivity index (χ0) is 18.4. The van der Waals surface area contributed by atoms with Crippen LogP contribution in [0.2, 0.25) is 0 Å². The first kappa shape index (κ1) is 20.8. The van der Waals surface area contributed by atoms with Crippen LogP contribution in [0.4, 0.5) is 4.79 Å². The molecule has 1 rings (SSSR count). The molecule has 0 saturated carbocycles. The van der Waals surface area contributed by atoms with E-state index in [1.165, 1.54) is 0 Å². The van der Waals surface area contributed by atoms with Crippen molar-refractivity contribution in [1.29, 1.82) is 0 Å². The van der Waals surface area contributed by atoms with Crippen LogP contribution in [0.1, 0.15) is 39.2 Å². The molecule has 6 nitrogen and oxygen atoms in total. The first-order valence-corrected chi connectivity index (χ1v) is 9.99. The topological polar surface area (TPSA) is 82.0 Å². The summed E-state index contributed by atoms with van der Waals surface area (Å²) < 4.78 is 32.7. The van der Waals surface area contributed by atoms with E-state index in [-0.39, 0.29) is 6.61 Å². The summed E-state index contributed by atoms with van der Waals surface area (Å²) in [5.41, 5.74) is 0.621. The van der Waals surface area contributed by atoms with Gasteiger partial charge < -0.3 is 4.74 Å². The van der Waals surface area contributed by atoms with Crippen molar-refractivity contribution >= 4 is 37.9 Å². The smallest absolute Gasteiger partial charge is 0.434 e. The molecule has 0 aliphatic carbocycles. The van der Waals surface area contributed by atoms with Gasteiger partial charge in [0.15, 0.2) is 0 Å². The summed E-state index contributed by atoms with van der Waals surface area (Å²) in [7, 11) is -3.48. The second kappa shape index (κ2) is 8.73. The Morgan fingerprint density at radius 3 is 2.42 bits per heavy atom. The van der Waals surface area contributed by atoms with E-state index in [0.717, 1.165) is 16.3 Å². The number of aliphatic imine (C=N–C) groups is 1. The van der Waals surface area contributed by atoms with Gasteiger partial charge in [0.05, 0.1) is 18.6 Å². The summed E-state index contributed by atoms with van der Waals surface area (Å²) >= 11 is 3.43. The van der Waals surface area contributed by atoms with Crippen LogP contribution in [0.15, 0.2) is 33.7 Å². The first-order chi connectivity index (χ1) is 11.0. The number of nitrogens with zero attached hydrogens (tertiary/aromatic N) is 1.